The van der Waals surface area contributed by atoms with Crippen molar-refractivity contribution in [3.8, 4) is 0 Å². The Balaban J connectivity index is 3.09. The molecule has 0 aliphatic rings. The number of ether oxygens (including phenoxy) is 1. The Labute approximate surface area is 123 Å². The Morgan fingerprint density at radius 2 is 1.67 bits per heavy atom. The maximum Gasteiger partial charge on any atom is 0.421 e. The van der Waals surface area contributed by atoms with Gasteiger partial charge >= 0.3 is 6.18 Å². The minimum Gasteiger partial charge on any atom is -0.391 e. The van der Waals surface area contributed by atoms with Gasteiger partial charge in [-0.2, -0.15) is 13.2 Å². The van der Waals surface area contributed by atoms with Crippen molar-refractivity contribution in [3.63, 3.8) is 0 Å². The number of aliphatic hydroxyl groups is 1. The first-order valence-corrected chi connectivity index (χ1v) is 7.11. The van der Waals surface area contributed by atoms with E-state index in [4.69, 9.17) is 4.74 Å². The number of hydrogen-bond acceptors (Lipinski definition) is 2. The zero-order chi connectivity index (χ0) is 16.3. The van der Waals surface area contributed by atoms with Crippen LogP contribution in [0.15, 0.2) is 24.3 Å². The normalized spacial score (nSPS) is 18.1. The van der Waals surface area contributed by atoms with Gasteiger partial charge in [-0.25, -0.2) is 0 Å². The molecule has 3 atom stereocenters. The predicted octanol–water partition coefficient (Wildman–Crippen LogP) is 4.38. The van der Waals surface area contributed by atoms with Gasteiger partial charge in [-0.15, -0.1) is 0 Å². The van der Waals surface area contributed by atoms with Crippen molar-refractivity contribution in [2.24, 2.45) is 0 Å². The fourth-order valence-electron chi connectivity index (χ4n) is 1.98. The largest absolute Gasteiger partial charge is 0.421 e. The van der Waals surface area contributed by atoms with E-state index in [0.29, 0.717) is 5.92 Å². The quantitative estimate of drug-likeness (QED) is 0.845. The van der Waals surface area contributed by atoms with Gasteiger partial charge in [-0.05, 0) is 37.3 Å². The van der Waals surface area contributed by atoms with Gasteiger partial charge in [0.05, 0.1) is 12.7 Å². The molecule has 1 aromatic carbocycles. The first-order chi connectivity index (χ1) is 9.61. The second-order valence-electron chi connectivity index (χ2n) is 5.62. The van der Waals surface area contributed by atoms with Gasteiger partial charge in [0.15, 0.2) is 5.60 Å². The van der Waals surface area contributed by atoms with Crippen LogP contribution in [0.1, 0.15) is 51.2 Å². The molecule has 1 N–H and O–H groups in total. The molecule has 2 nitrogen and oxygen atoms in total. The van der Waals surface area contributed by atoms with Gasteiger partial charge in [0.2, 0.25) is 0 Å². The van der Waals surface area contributed by atoms with Crippen molar-refractivity contribution >= 4 is 0 Å². The predicted molar refractivity (Wildman–Crippen MR) is 76.2 cm³/mol. The van der Waals surface area contributed by atoms with Gasteiger partial charge in [0, 0.05) is 0 Å². The topological polar surface area (TPSA) is 29.5 Å². The summed E-state index contributed by atoms with van der Waals surface area (Å²) in [6.07, 6.45) is -4.58. The van der Waals surface area contributed by atoms with Crippen LogP contribution in [-0.4, -0.2) is 24.0 Å². The lowest BCUT2D eigenvalue weighted by Crippen LogP contribution is -2.43. The molecule has 5 heteroatoms. The maximum atomic E-state index is 13.4. The highest BCUT2D eigenvalue weighted by Crippen LogP contribution is 2.42. The summed E-state index contributed by atoms with van der Waals surface area (Å²) in [5, 5.41) is 9.18. The molecule has 0 spiro atoms. The zero-order valence-corrected chi connectivity index (χ0v) is 12.9. The molecule has 0 aliphatic carbocycles. The highest BCUT2D eigenvalue weighted by atomic mass is 19.4. The molecule has 120 valence electrons. The molecule has 1 rings (SSSR count). The van der Waals surface area contributed by atoms with Gasteiger partial charge in [-0.1, -0.05) is 38.1 Å². The van der Waals surface area contributed by atoms with Crippen LogP contribution < -0.4 is 0 Å². The van der Waals surface area contributed by atoms with E-state index < -0.39 is 17.9 Å². The zero-order valence-electron chi connectivity index (χ0n) is 12.9. The highest BCUT2D eigenvalue weighted by Gasteiger charge is 2.53. The van der Waals surface area contributed by atoms with Crippen molar-refractivity contribution < 1.29 is 23.0 Å². The molecule has 0 saturated heterocycles. The lowest BCUT2D eigenvalue weighted by Gasteiger charge is -2.33. The molecule has 0 fully saturated rings. The summed E-state index contributed by atoms with van der Waals surface area (Å²) in [5.41, 5.74) is -1.37. The van der Waals surface area contributed by atoms with Crippen LogP contribution in [0.4, 0.5) is 13.2 Å². The summed E-state index contributed by atoms with van der Waals surface area (Å²) < 4.78 is 45.1. The third kappa shape index (κ3) is 4.20. The Kier molecular flexibility index (Phi) is 5.82. The molecule has 0 aliphatic heterocycles. The van der Waals surface area contributed by atoms with Crippen molar-refractivity contribution in [3.05, 3.63) is 35.4 Å². The molecule has 0 saturated carbocycles. The van der Waals surface area contributed by atoms with Crippen molar-refractivity contribution in [1.82, 2.24) is 0 Å². The minimum atomic E-state index is -4.56. The second-order valence-corrected chi connectivity index (χ2v) is 5.62. The van der Waals surface area contributed by atoms with Crippen LogP contribution in [0, 0.1) is 0 Å². The third-order valence-electron chi connectivity index (χ3n) is 3.80. The Morgan fingerprint density at radius 1 is 1.14 bits per heavy atom. The monoisotopic (exact) mass is 304 g/mol. The van der Waals surface area contributed by atoms with Crippen LogP contribution in [-0.2, 0) is 10.3 Å². The second kappa shape index (κ2) is 6.79. The highest BCUT2D eigenvalue weighted by molar-refractivity contribution is 5.30. The number of halogens is 3. The summed E-state index contributed by atoms with van der Waals surface area (Å²) in [7, 11) is 0. The van der Waals surface area contributed by atoms with Gasteiger partial charge in [-0.3, -0.25) is 0 Å². The van der Waals surface area contributed by atoms with E-state index in [2.05, 4.69) is 0 Å². The first-order valence-electron chi connectivity index (χ1n) is 7.11. The molecule has 0 bridgehead atoms. The number of rotatable bonds is 6. The van der Waals surface area contributed by atoms with Crippen LogP contribution >= 0.6 is 0 Å². The van der Waals surface area contributed by atoms with Crippen LogP contribution in [0.3, 0.4) is 0 Å². The maximum absolute atomic E-state index is 13.4. The van der Waals surface area contributed by atoms with Crippen LogP contribution in [0.5, 0.6) is 0 Å². The fraction of sp³-hybridized carbons (Fsp3) is 0.625. The van der Waals surface area contributed by atoms with E-state index in [-0.39, 0.29) is 12.2 Å². The Hall–Kier alpha value is -1.07. The lowest BCUT2D eigenvalue weighted by molar-refractivity contribution is -0.282. The molecule has 0 radical (unpaired) electrons. The van der Waals surface area contributed by atoms with Crippen molar-refractivity contribution in [1.29, 1.82) is 0 Å². The van der Waals surface area contributed by atoms with Gasteiger partial charge in [0.25, 0.3) is 0 Å². The minimum absolute atomic E-state index is 0.0442. The fourth-order valence-corrected chi connectivity index (χ4v) is 1.98. The third-order valence-corrected chi connectivity index (χ3v) is 3.80. The lowest BCUT2D eigenvalue weighted by atomic mass is 9.91. The molecule has 0 heterocycles. The number of alkyl halides is 3. The van der Waals surface area contributed by atoms with E-state index in [1.807, 2.05) is 13.8 Å². The number of benzene rings is 1. The molecule has 3 unspecified atom stereocenters. The SMILES string of the molecule is CCC(C)c1ccc(C(C)(OCC(C)O)C(F)(F)F)cc1. The molecule has 0 aromatic heterocycles. The summed E-state index contributed by atoms with van der Waals surface area (Å²) in [4.78, 5) is 0. The van der Waals surface area contributed by atoms with E-state index in [0.717, 1.165) is 18.9 Å². The average molecular weight is 304 g/mol. The Morgan fingerprint density at radius 3 is 2.05 bits per heavy atom. The van der Waals surface area contributed by atoms with Gasteiger partial charge in [0.1, 0.15) is 0 Å². The number of aliphatic hydroxyl groups excluding tert-OH is 1. The molecule has 21 heavy (non-hydrogen) atoms. The van der Waals surface area contributed by atoms with E-state index >= 15 is 0 Å². The summed E-state index contributed by atoms with van der Waals surface area (Å²) in [6.45, 7) is 6.08. The molecular formula is C16H23F3O2. The number of hydrogen-bond donors (Lipinski definition) is 1. The summed E-state index contributed by atoms with van der Waals surface area (Å²) in [6, 6.07) is 6.33. The Bertz CT molecular complexity index is 440. The first kappa shape index (κ1) is 18.0. The van der Waals surface area contributed by atoms with Crippen LogP contribution in [0.2, 0.25) is 0 Å². The average Bonchev–Trinajstić information content (AvgIpc) is 2.42. The van der Waals surface area contributed by atoms with E-state index in [9.17, 15) is 18.3 Å². The van der Waals surface area contributed by atoms with Crippen molar-refractivity contribution in [2.45, 2.75) is 57.9 Å². The molecule has 1 aromatic rings. The molecule has 0 amide bonds. The summed E-state index contributed by atoms with van der Waals surface area (Å²) >= 11 is 0. The standard InChI is InChI=1S/C16H23F3O2/c1-5-11(2)13-6-8-14(9-7-13)15(4,16(17,18)19)21-10-12(3)20/h6-9,11-12,20H,5,10H2,1-4H3. The van der Waals surface area contributed by atoms with E-state index in [1.165, 1.54) is 19.1 Å². The van der Waals surface area contributed by atoms with E-state index in [1.54, 1.807) is 12.1 Å². The van der Waals surface area contributed by atoms with Crippen molar-refractivity contribution in [2.75, 3.05) is 6.61 Å². The van der Waals surface area contributed by atoms with Gasteiger partial charge < -0.3 is 9.84 Å². The summed E-state index contributed by atoms with van der Waals surface area (Å²) in [5.74, 6) is 0.301. The van der Waals surface area contributed by atoms with Crippen LogP contribution in [0.25, 0.3) is 0 Å². The molecular weight excluding hydrogens is 281 g/mol. The smallest absolute Gasteiger partial charge is 0.391 e.